The Hall–Kier alpha value is -1.40. The summed E-state index contributed by atoms with van der Waals surface area (Å²) in [7, 11) is -3.21. The Morgan fingerprint density at radius 1 is 1.43 bits per heavy atom. The molecule has 2 N–H and O–H groups in total. The van der Waals surface area contributed by atoms with Crippen molar-refractivity contribution in [3.05, 3.63) is 35.3 Å². The summed E-state index contributed by atoms with van der Waals surface area (Å²) < 4.78 is 40.0. The van der Waals surface area contributed by atoms with Gasteiger partial charge in [0.2, 0.25) is 10.0 Å². The monoisotopic (exact) mass is 310 g/mol. The first kappa shape index (κ1) is 14.5. The van der Waals surface area contributed by atoms with E-state index in [9.17, 15) is 12.8 Å². The van der Waals surface area contributed by atoms with Gasteiger partial charge in [0.1, 0.15) is 5.82 Å². The van der Waals surface area contributed by atoms with E-state index in [1.54, 1.807) is 6.07 Å². The van der Waals surface area contributed by atoms with Crippen molar-refractivity contribution >= 4 is 20.9 Å². The summed E-state index contributed by atoms with van der Waals surface area (Å²) in [6, 6.07) is 4.59. The van der Waals surface area contributed by atoms with Crippen LogP contribution >= 0.6 is 0 Å². The molecule has 114 valence electrons. The minimum atomic E-state index is -3.21. The highest BCUT2D eigenvalue weighted by Gasteiger charge is 2.25. The Labute approximate surface area is 123 Å². The molecule has 1 heterocycles. The molecule has 0 saturated heterocycles. The molecule has 1 aliphatic carbocycles. The lowest BCUT2D eigenvalue weighted by Gasteiger charge is -2.23. The van der Waals surface area contributed by atoms with E-state index in [2.05, 4.69) is 9.71 Å². The average molecular weight is 310 g/mol. The molecule has 1 aromatic heterocycles. The lowest BCUT2D eigenvalue weighted by atomic mass is 9.92. The number of rotatable bonds is 4. The number of aromatic nitrogens is 1. The number of sulfonamides is 1. The van der Waals surface area contributed by atoms with Gasteiger partial charge in [0.25, 0.3) is 0 Å². The Morgan fingerprint density at radius 3 is 3.00 bits per heavy atom. The zero-order valence-corrected chi connectivity index (χ0v) is 12.8. The van der Waals surface area contributed by atoms with Gasteiger partial charge in [-0.2, -0.15) is 0 Å². The first-order chi connectivity index (χ1) is 9.98. The van der Waals surface area contributed by atoms with Crippen molar-refractivity contribution in [2.24, 2.45) is 0 Å². The van der Waals surface area contributed by atoms with Crippen molar-refractivity contribution in [2.45, 2.75) is 38.6 Å². The summed E-state index contributed by atoms with van der Waals surface area (Å²) in [5.41, 5.74) is 3.06. The normalized spacial score (nSPS) is 18.9. The van der Waals surface area contributed by atoms with Gasteiger partial charge in [-0.15, -0.1) is 0 Å². The van der Waals surface area contributed by atoms with Crippen LogP contribution in [0.15, 0.2) is 18.2 Å². The Morgan fingerprint density at radius 2 is 2.24 bits per heavy atom. The van der Waals surface area contributed by atoms with Gasteiger partial charge in [0.05, 0.1) is 5.75 Å². The molecule has 0 radical (unpaired) electrons. The average Bonchev–Trinajstić information content (AvgIpc) is 2.76. The molecule has 2 aromatic rings. The predicted molar refractivity (Wildman–Crippen MR) is 81.3 cm³/mol. The number of aryl methyl sites for hydroxylation is 1. The van der Waals surface area contributed by atoms with Crippen LogP contribution in [0.5, 0.6) is 0 Å². The molecular formula is C15H19FN2O2S. The summed E-state index contributed by atoms with van der Waals surface area (Å²) in [6.07, 6.45) is 2.77. The topological polar surface area (TPSA) is 62.0 Å². The Balaban J connectivity index is 1.88. The van der Waals surface area contributed by atoms with E-state index < -0.39 is 10.0 Å². The molecular weight excluding hydrogens is 291 g/mol. The summed E-state index contributed by atoms with van der Waals surface area (Å²) in [4.78, 5) is 3.31. The lowest BCUT2D eigenvalue weighted by Crippen LogP contribution is -2.39. The van der Waals surface area contributed by atoms with Gasteiger partial charge in [-0.3, -0.25) is 0 Å². The number of hydrogen-bond donors (Lipinski definition) is 2. The molecule has 1 unspecified atom stereocenters. The fourth-order valence-electron chi connectivity index (χ4n) is 3.07. The molecule has 3 rings (SSSR count). The van der Waals surface area contributed by atoms with Crippen molar-refractivity contribution in [1.29, 1.82) is 0 Å². The number of nitrogens with one attached hydrogen (secondary N) is 2. The predicted octanol–water partition coefficient (Wildman–Crippen LogP) is 2.49. The maximum absolute atomic E-state index is 13.4. The summed E-state index contributed by atoms with van der Waals surface area (Å²) in [6.45, 7) is 1.85. The fraction of sp³-hybridized carbons (Fsp3) is 0.467. The molecule has 1 atom stereocenters. The third-order valence-corrected chi connectivity index (χ3v) is 5.61. The van der Waals surface area contributed by atoms with E-state index in [4.69, 9.17) is 0 Å². The second-order valence-electron chi connectivity index (χ2n) is 5.65. The number of aromatic amines is 1. The Bertz CT molecular complexity index is 767. The zero-order valence-electron chi connectivity index (χ0n) is 11.9. The highest BCUT2D eigenvalue weighted by molar-refractivity contribution is 7.89. The molecule has 6 heteroatoms. The smallest absolute Gasteiger partial charge is 0.211 e. The maximum Gasteiger partial charge on any atom is 0.211 e. The van der Waals surface area contributed by atoms with Gasteiger partial charge in [-0.05, 0) is 49.4 Å². The Kier molecular flexibility index (Phi) is 3.75. The van der Waals surface area contributed by atoms with Crippen LogP contribution in [0.1, 0.15) is 31.0 Å². The SMILES string of the molecule is CCCS(=O)(=O)NC1CCc2[nH]c3ccc(F)cc3c2C1. The van der Waals surface area contributed by atoms with Crippen LogP contribution in [-0.4, -0.2) is 25.2 Å². The molecule has 4 nitrogen and oxygen atoms in total. The van der Waals surface area contributed by atoms with Crippen LogP contribution in [0.4, 0.5) is 4.39 Å². The van der Waals surface area contributed by atoms with Gasteiger partial charge < -0.3 is 4.98 Å². The molecule has 0 fully saturated rings. The number of H-pyrrole nitrogens is 1. The van der Waals surface area contributed by atoms with Crippen LogP contribution in [0.2, 0.25) is 0 Å². The number of halogens is 1. The van der Waals surface area contributed by atoms with Gasteiger partial charge in [0.15, 0.2) is 0 Å². The molecule has 1 aromatic carbocycles. The van der Waals surface area contributed by atoms with Crippen LogP contribution in [0, 0.1) is 5.82 Å². The van der Waals surface area contributed by atoms with Crippen molar-refractivity contribution in [3.63, 3.8) is 0 Å². The van der Waals surface area contributed by atoms with E-state index in [-0.39, 0.29) is 17.6 Å². The van der Waals surface area contributed by atoms with E-state index in [1.807, 2.05) is 6.92 Å². The van der Waals surface area contributed by atoms with Crippen LogP contribution in [0.3, 0.4) is 0 Å². The summed E-state index contributed by atoms with van der Waals surface area (Å²) in [5.74, 6) is -0.114. The van der Waals surface area contributed by atoms with E-state index in [0.717, 1.165) is 35.0 Å². The van der Waals surface area contributed by atoms with Crippen molar-refractivity contribution in [1.82, 2.24) is 9.71 Å². The minimum Gasteiger partial charge on any atom is -0.358 e. The number of fused-ring (bicyclic) bond motifs is 3. The number of benzene rings is 1. The second-order valence-corrected chi connectivity index (χ2v) is 7.52. The summed E-state index contributed by atoms with van der Waals surface area (Å²) in [5, 5.41) is 0.865. The van der Waals surface area contributed by atoms with Crippen LogP contribution in [0.25, 0.3) is 10.9 Å². The standard InChI is InChI=1S/C15H19FN2O2S/c1-2-7-21(19,20)18-11-4-6-15-13(9-11)12-8-10(16)3-5-14(12)17-15/h3,5,8,11,17-18H,2,4,6-7,9H2,1H3. The molecule has 21 heavy (non-hydrogen) atoms. The van der Waals surface area contributed by atoms with Crippen molar-refractivity contribution in [3.8, 4) is 0 Å². The van der Waals surface area contributed by atoms with Gasteiger partial charge >= 0.3 is 0 Å². The lowest BCUT2D eigenvalue weighted by molar-refractivity contribution is 0.506. The second kappa shape index (κ2) is 5.42. The molecule has 0 aliphatic heterocycles. The van der Waals surface area contributed by atoms with Gasteiger partial charge in [-0.25, -0.2) is 17.5 Å². The van der Waals surface area contributed by atoms with E-state index >= 15 is 0 Å². The molecule has 0 spiro atoms. The molecule has 0 bridgehead atoms. The quantitative estimate of drug-likeness (QED) is 0.911. The third kappa shape index (κ3) is 2.96. The van der Waals surface area contributed by atoms with E-state index in [0.29, 0.717) is 12.8 Å². The molecule has 0 amide bonds. The summed E-state index contributed by atoms with van der Waals surface area (Å²) >= 11 is 0. The van der Waals surface area contributed by atoms with Crippen molar-refractivity contribution < 1.29 is 12.8 Å². The number of hydrogen-bond acceptors (Lipinski definition) is 2. The molecule has 1 aliphatic rings. The van der Waals surface area contributed by atoms with Crippen LogP contribution < -0.4 is 4.72 Å². The third-order valence-electron chi connectivity index (χ3n) is 3.97. The first-order valence-corrected chi connectivity index (χ1v) is 8.92. The fourth-order valence-corrected chi connectivity index (χ4v) is 4.44. The minimum absolute atomic E-state index is 0.101. The largest absolute Gasteiger partial charge is 0.358 e. The van der Waals surface area contributed by atoms with Gasteiger partial charge in [0, 0.05) is 22.6 Å². The van der Waals surface area contributed by atoms with Crippen LogP contribution in [-0.2, 0) is 22.9 Å². The zero-order chi connectivity index (χ0) is 15.0. The maximum atomic E-state index is 13.4. The highest BCUT2D eigenvalue weighted by Crippen LogP contribution is 2.29. The highest BCUT2D eigenvalue weighted by atomic mass is 32.2. The van der Waals surface area contributed by atoms with E-state index in [1.165, 1.54) is 12.1 Å². The van der Waals surface area contributed by atoms with Gasteiger partial charge in [-0.1, -0.05) is 6.92 Å². The first-order valence-electron chi connectivity index (χ1n) is 7.27. The molecule has 0 saturated carbocycles. The van der Waals surface area contributed by atoms with Crippen molar-refractivity contribution in [2.75, 3.05) is 5.75 Å².